The quantitative estimate of drug-likeness (QED) is 0.881. The first-order valence-electron chi connectivity index (χ1n) is 7.59. The summed E-state index contributed by atoms with van der Waals surface area (Å²) in [5.41, 5.74) is 1.88. The number of hydrogen-bond donors (Lipinski definition) is 1. The van der Waals surface area contributed by atoms with Crippen LogP contribution < -0.4 is 5.32 Å². The van der Waals surface area contributed by atoms with Gasteiger partial charge in [-0.25, -0.2) is 9.78 Å². The van der Waals surface area contributed by atoms with Gasteiger partial charge >= 0.3 is 5.97 Å². The maximum Gasteiger partial charge on any atom is 0.356 e. The second-order valence-corrected chi connectivity index (χ2v) is 5.60. The number of nitrogens with zero attached hydrogens (tertiary/aromatic N) is 1. The lowest BCUT2D eigenvalue weighted by molar-refractivity contribution is 0.0593. The van der Waals surface area contributed by atoms with E-state index in [1.807, 2.05) is 18.2 Å². The molecule has 2 atom stereocenters. The number of benzene rings is 1. The van der Waals surface area contributed by atoms with Crippen LogP contribution in [0.2, 0.25) is 0 Å². The number of ether oxygens (including phenoxy) is 1. The van der Waals surface area contributed by atoms with Crippen molar-refractivity contribution in [1.82, 2.24) is 10.3 Å². The Morgan fingerprint density at radius 1 is 1.13 bits per heavy atom. The van der Waals surface area contributed by atoms with E-state index in [0.717, 1.165) is 12.8 Å². The molecular formula is C18H18N2O3. The molecule has 0 spiro atoms. The first kappa shape index (κ1) is 15.2. The highest BCUT2D eigenvalue weighted by atomic mass is 16.5. The highest BCUT2D eigenvalue weighted by Gasteiger charge is 2.33. The number of carbonyl (C=O) groups is 2. The van der Waals surface area contributed by atoms with Crippen LogP contribution in [0.5, 0.6) is 0 Å². The monoisotopic (exact) mass is 310 g/mol. The normalized spacial score (nSPS) is 19.5. The topological polar surface area (TPSA) is 68.3 Å². The minimum Gasteiger partial charge on any atom is -0.464 e. The van der Waals surface area contributed by atoms with E-state index in [9.17, 15) is 9.59 Å². The zero-order chi connectivity index (χ0) is 16.2. The molecule has 1 saturated carbocycles. The Balaban J connectivity index is 1.64. The van der Waals surface area contributed by atoms with Gasteiger partial charge in [0, 0.05) is 18.2 Å². The van der Waals surface area contributed by atoms with Crippen molar-refractivity contribution in [1.29, 1.82) is 0 Å². The van der Waals surface area contributed by atoms with Gasteiger partial charge in [-0.05, 0) is 30.5 Å². The molecule has 118 valence electrons. The predicted molar refractivity (Wildman–Crippen MR) is 85.2 cm³/mol. The molecule has 0 bridgehead atoms. The van der Waals surface area contributed by atoms with Gasteiger partial charge in [0.1, 0.15) is 5.69 Å². The minimum atomic E-state index is -0.514. The molecule has 0 saturated heterocycles. The Labute approximate surface area is 134 Å². The smallest absolute Gasteiger partial charge is 0.356 e. The van der Waals surface area contributed by atoms with Gasteiger partial charge in [0.15, 0.2) is 0 Å². The zero-order valence-electron chi connectivity index (χ0n) is 12.9. The van der Waals surface area contributed by atoms with E-state index in [2.05, 4.69) is 27.2 Å². The Morgan fingerprint density at radius 2 is 1.91 bits per heavy atom. The van der Waals surface area contributed by atoms with Crippen molar-refractivity contribution in [2.75, 3.05) is 7.11 Å². The van der Waals surface area contributed by atoms with Crippen molar-refractivity contribution in [3.05, 3.63) is 65.5 Å². The summed E-state index contributed by atoms with van der Waals surface area (Å²) in [5, 5.41) is 3.05. The van der Waals surface area contributed by atoms with E-state index >= 15 is 0 Å². The number of methoxy groups -OCH3 is 1. The molecule has 5 nitrogen and oxygen atoms in total. The van der Waals surface area contributed by atoms with Crippen LogP contribution in [0.25, 0.3) is 0 Å². The molecule has 1 aliphatic rings. The van der Waals surface area contributed by atoms with Crippen molar-refractivity contribution in [3.63, 3.8) is 0 Å². The van der Waals surface area contributed by atoms with Gasteiger partial charge in [-0.3, -0.25) is 4.79 Å². The van der Waals surface area contributed by atoms with Gasteiger partial charge in [0.25, 0.3) is 5.91 Å². The Hall–Kier alpha value is -2.69. The third-order valence-corrected chi connectivity index (χ3v) is 4.24. The minimum absolute atomic E-state index is 0.144. The van der Waals surface area contributed by atoms with E-state index in [1.165, 1.54) is 24.9 Å². The lowest BCUT2D eigenvalue weighted by Crippen LogP contribution is -2.45. The van der Waals surface area contributed by atoms with Gasteiger partial charge in [-0.15, -0.1) is 0 Å². The zero-order valence-corrected chi connectivity index (χ0v) is 12.9. The summed E-state index contributed by atoms with van der Waals surface area (Å²) in [6, 6.07) is 13.4. The van der Waals surface area contributed by atoms with Gasteiger partial charge in [-0.2, -0.15) is 0 Å². The van der Waals surface area contributed by atoms with Gasteiger partial charge in [-0.1, -0.05) is 30.3 Å². The highest BCUT2D eigenvalue weighted by Crippen LogP contribution is 2.36. The molecule has 1 amide bonds. The average molecular weight is 310 g/mol. The highest BCUT2D eigenvalue weighted by molar-refractivity contribution is 5.95. The van der Waals surface area contributed by atoms with Gasteiger partial charge in [0.05, 0.1) is 12.7 Å². The molecule has 1 heterocycles. The molecule has 2 aromatic rings. The summed E-state index contributed by atoms with van der Waals surface area (Å²) in [6.45, 7) is 0. The fraction of sp³-hybridized carbons (Fsp3) is 0.278. The molecule has 1 fully saturated rings. The van der Waals surface area contributed by atoms with E-state index in [0.29, 0.717) is 11.5 Å². The van der Waals surface area contributed by atoms with Crippen molar-refractivity contribution in [2.24, 2.45) is 0 Å². The summed E-state index contributed by atoms with van der Waals surface area (Å²) >= 11 is 0. The number of rotatable bonds is 4. The molecule has 0 radical (unpaired) electrons. The number of hydrogen-bond acceptors (Lipinski definition) is 4. The van der Waals surface area contributed by atoms with Gasteiger partial charge in [0.2, 0.25) is 0 Å². The number of aromatic nitrogens is 1. The number of carbonyl (C=O) groups excluding carboxylic acids is 2. The first-order chi connectivity index (χ1) is 11.2. The average Bonchev–Trinajstić information content (AvgIpc) is 2.59. The van der Waals surface area contributed by atoms with Crippen molar-refractivity contribution >= 4 is 11.9 Å². The second kappa shape index (κ2) is 6.60. The Morgan fingerprint density at radius 3 is 2.48 bits per heavy atom. The molecule has 23 heavy (non-hydrogen) atoms. The fourth-order valence-electron chi connectivity index (χ4n) is 2.78. The molecule has 3 rings (SSSR count). The summed E-state index contributed by atoms with van der Waals surface area (Å²) in [4.78, 5) is 27.6. The molecular weight excluding hydrogens is 292 g/mol. The maximum absolute atomic E-state index is 12.3. The number of esters is 1. The molecule has 1 aromatic carbocycles. The molecule has 0 unspecified atom stereocenters. The Bertz CT molecular complexity index is 698. The largest absolute Gasteiger partial charge is 0.464 e. The molecule has 5 heteroatoms. The lowest BCUT2D eigenvalue weighted by Gasteiger charge is -2.37. The first-order valence-corrected chi connectivity index (χ1v) is 7.59. The molecule has 1 aromatic heterocycles. The van der Waals surface area contributed by atoms with Gasteiger partial charge < -0.3 is 10.1 Å². The second-order valence-electron chi connectivity index (χ2n) is 5.60. The number of pyridine rings is 1. The van der Waals surface area contributed by atoms with Crippen LogP contribution >= 0.6 is 0 Å². The predicted octanol–water partition coefficient (Wildman–Crippen LogP) is 2.54. The van der Waals surface area contributed by atoms with E-state index in [4.69, 9.17) is 0 Å². The summed E-state index contributed by atoms with van der Waals surface area (Å²) in [5.74, 6) is -0.318. The number of nitrogens with one attached hydrogen (secondary N) is 1. The molecule has 1 aliphatic carbocycles. The maximum atomic E-state index is 12.3. The molecule has 1 N–H and O–H groups in total. The van der Waals surface area contributed by atoms with E-state index in [-0.39, 0.29) is 17.6 Å². The third-order valence-electron chi connectivity index (χ3n) is 4.24. The Kier molecular flexibility index (Phi) is 4.37. The van der Waals surface area contributed by atoms with Crippen LogP contribution in [0.3, 0.4) is 0 Å². The van der Waals surface area contributed by atoms with Crippen molar-refractivity contribution < 1.29 is 14.3 Å². The van der Waals surface area contributed by atoms with Crippen molar-refractivity contribution in [3.8, 4) is 0 Å². The standard InChI is InChI=1S/C18H18N2O3/c1-23-18(22)16-9-7-13(11-19-16)17(21)20-15-10-8-14(15)12-5-3-2-4-6-12/h2-7,9,11,14-15H,8,10H2,1H3,(H,20,21)/t14-,15-/m1/s1. The van der Waals surface area contributed by atoms with Crippen LogP contribution in [0.1, 0.15) is 45.2 Å². The lowest BCUT2D eigenvalue weighted by atomic mass is 9.75. The van der Waals surface area contributed by atoms with E-state index in [1.54, 1.807) is 6.07 Å². The summed E-state index contributed by atoms with van der Waals surface area (Å²) in [7, 11) is 1.30. The summed E-state index contributed by atoms with van der Waals surface area (Å²) in [6.07, 6.45) is 3.45. The van der Waals surface area contributed by atoms with Crippen LogP contribution in [0.4, 0.5) is 0 Å². The SMILES string of the molecule is COC(=O)c1ccc(C(=O)N[C@@H]2CC[C@@H]2c2ccccc2)cn1. The van der Waals surface area contributed by atoms with Crippen LogP contribution in [-0.4, -0.2) is 30.0 Å². The number of amides is 1. The van der Waals surface area contributed by atoms with Crippen molar-refractivity contribution in [2.45, 2.75) is 24.8 Å². The van der Waals surface area contributed by atoms with Crippen LogP contribution in [0.15, 0.2) is 48.7 Å². The fourth-order valence-corrected chi connectivity index (χ4v) is 2.78. The van der Waals surface area contributed by atoms with Crippen LogP contribution in [-0.2, 0) is 4.74 Å². The van der Waals surface area contributed by atoms with Crippen LogP contribution in [0, 0.1) is 0 Å². The molecule has 0 aliphatic heterocycles. The summed E-state index contributed by atoms with van der Waals surface area (Å²) < 4.78 is 4.59. The third kappa shape index (κ3) is 3.23. The van der Waals surface area contributed by atoms with E-state index < -0.39 is 5.97 Å².